The highest BCUT2D eigenvalue weighted by atomic mass is 32.2. The zero-order valence-electron chi connectivity index (χ0n) is 10.3. The Morgan fingerprint density at radius 1 is 1.45 bits per heavy atom. The summed E-state index contributed by atoms with van der Waals surface area (Å²) in [7, 11) is -1.62. The highest BCUT2D eigenvalue weighted by molar-refractivity contribution is 7.93. The maximum absolute atomic E-state index is 13.1. The number of halogens is 2. The maximum atomic E-state index is 13.1. The Bertz CT molecular complexity index is 663. The number of allylic oxidation sites excluding steroid dienone is 2. The molecule has 1 aliphatic heterocycles. The number of alkyl halides is 2. The lowest BCUT2D eigenvalue weighted by molar-refractivity contribution is -0.114. The summed E-state index contributed by atoms with van der Waals surface area (Å²) in [4.78, 5) is 11.1. The maximum Gasteiger partial charge on any atom is 0.258 e. The molecule has 3 rings (SSSR count). The van der Waals surface area contributed by atoms with Crippen LogP contribution in [0.1, 0.15) is 24.8 Å². The van der Waals surface area contributed by atoms with Crippen LogP contribution in [0.15, 0.2) is 24.5 Å². The Morgan fingerprint density at radius 2 is 2.25 bits per heavy atom. The zero-order valence-corrected chi connectivity index (χ0v) is 11.1. The second kappa shape index (κ2) is 4.62. The Morgan fingerprint density at radius 3 is 2.85 bits per heavy atom. The summed E-state index contributed by atoms with van der Waals surface area (Å²) >= 11 is 0. The van der Waals surface area contributed by atoms with Crippen molar-refractivity contribution < 1.29 is 17.8 Å². The van der Waals surface area contributed by atoms with Crippen LogP contribution >= 0.6 is 0 Å². The van der Waals surface area contributed by atoms with Crippen molar-refractivity contribution in [2.24, 2.45) is 0 Å². The molecular formula is C12H11F2N3O2S. The number of nitrogens with one attached hydrogen (secondary N) is 1. The molecule has 0 saturated carbocycles. The van der Waals surface area contributed by atoms with Crippen LogP contribution in [0.3, 0.4) is 0 Å². The molecule has 1 unspecified atom stereocenters. The van der Waals surface area contributed by atoms with Crippen LogP contribution in [0.4, 0.5) is 8.78 Å². The van der Waals surface area contributed by atoms with Gasteiger partial charge >= 0.3 is 0 Å². The van der Waals surface area contributed by atoms with E-state index < -0.39 is 22.8 Å². The minimum absolute atomic E-state index is 0.182. The van der Waals surface area contributed by atoms with Gasteiger partial charge in [-0.1, -0.05) is 6.08 Å². The summed E-state index contributed by atoms with van der Waals surface area (Å²) in [6.45, 7) is 0. The molecule has 20 heavy (non-hydrogen) atoms. The number of amides is 1. The molecule has 2 heterocycles. The van der Waals surface area contributed by atoms with Gasteiger partial charge in [-0.05, 0) is 12.0 Å². The predicted molar refractivity (Wildman–Crippen MR) is 69.6 cm³/mol. The molecule has 0 aromatic carbocycles. The smallest absolute Gasteiger partial charge is 0.258 e. The van der Waals surface area contributed by atoms with E-state index in [9.17, 15) is 17.8 Å². The Balaban J connectivity index is 1.85. The molecule has 1 aromatic heterocycles. The molecule has 2 aliphatic rings. The number of hydrogen-bond donors (Lipinski definition) is 1. The zero-order chi connectivity index (χ0) is 14.3. The monoisotopic (exact) mass is 299 g/mol. The molecule has 5 nitrogen and oxygen atoms in total. The van der Waals surface area contributed by atoms with E-state index in [4.69, 9.17) is 0 Å². The summed E-state index contributed by atoms with van der Waals surface area (Å²) in [6.07, 6.45) is 5.65. The fraction of sp³-hybridized carbons (Fsp3) is 0.333. The fourth-order valence-corrected chi connectivity index (χ4v) is 2.99. The molecule has 1 N–H and O–H groups in total. The molecule has 0 bridgehead atoms. The number of carbonyl (C=O) groups excluding carboxylic acids is 1. The molecule has 106 valence electrons. The number of hydrogen-bond acceptors (Lipinski definition) is 3. The van der Waals surface area contributed by atoms with Gasteiger partial charge in [0, 0.05) is 30.7 Å². The lowest BCUT2D eigenvalue weighted by atomic mass is 9.93. The van der Waals surface area contributed by atoms with E-state index in [1.54, 1.807) is 6.20 Å². The van der Waals surface area contributed by atoms with Crippen molar-refractivity contribution in [2.45, 2.75) is 25.2 Å². The summed E-state index contributed by atoms with van der Waals surface area (Å²) in [5.41, 5.74) is 1.50. The van der Waals surface area contributed by atoms with Crippen LogP contribution in [0.5, 0.6) is 0 Å². The van der Waals surface area contributed by atoms with E-state index in [-0.39, 0.29) is 24.3 Å². The summed E-state index contributed by atoms with van der Waals surface area (Å²) < 4.78 is 41.3. The third-order valence-corrected chi connectivity index (χ3v) is 4.30. The molecule has 0 radical (unpaired) electrons. The van der Waals surface area contributed by atoms with Crippen molar-refractivity contribution in [3.05, 3.63) is 30.1 Å². The minimum Gasteiger partial charge on any atom is -0.269 e. The van der Waals surface area contributed by atoms with Crippen molar-refractivity contribution in [2.75, 3.05) is 0 Å². The summed E-state index contributed by atoms with van der Waals surface area (Å²) in [5.74, 6) is -3.07. The SMILES string of the molecule is O=C1C=C(n2cc(C3=CCC(F)(F)CC3)cn2)S(=O)N1. The first-order valence-corrected chi connectivity index (χ1v) is 7.16. The van der Waals surface area contributed by atoms with E-state index in [2.05, 4.69) is 9.82 Å². The average Bonchev–Trinajstić information content (AvgIpc) is 2.96. The van der Waals surface area contributed by atoms with Gasteiger partial charge in [0.05, 0.1) is 6.20 Å². The van der Waals surface area contributed by atoms with Gasteiger partial charge < -0.3 is 0 Å². The number of rotatable bonds is 2. The summed E-state index contributed by atoms with van der Waals surface area (Å²) in [5, 5.41) is 4.27. The molecule has 0 saturated heterocycles. The first kappa shape index (κ1) is 13.2. The van der Waals surface area contributed by atoms with Gasteiger partial charge in [-0.25, -0.2) is 17.7 Å². The number of aromatic nitrogens is 2. The molecule has 8 heteroatoms. The van der Waals surface area contributed by atoms with Gasteiger partial charge in [-0.3, -0.25) is 9.52 Å². The van der Waals surface area contributed by atoms with Crippen molar-refractivity contribution in [1.82, 2.24) is 14.5 Å². The topological polar surface area (TPSA) is 64.0 Å². The van der Waals surface area contributed by atoms with Crippen LogP contribution in [-0.2, 0) is 15.8 Å². The van der Waals surface area contributed by atoms with Crippen molar-refractivity contribution in [3.8, 4) is 0 Å². The van der Waals surface area contributed by atoms with Gasteiger partial charge in [0.15, 0.2) is 16.0 Å². The molecule has 1 amide bonds. The number of carbonyl (C=O) groups is 1. The Hall–Kier alpha value is -1.83. The molecule has 1 atom stereocenters. The van der Waals surface area contributed by atoms with E-state index >= 15 is 0 Å². The van der Waals surface area contributed by atoms with Gasteiger partial charge in [0.1, 0.15) is 0 Å². The standard InChI is InChI=1S/C12H11F2N3O2S/c13-12(14)3-1-8(2-4-12)9-6-15-17(7-9)11-5-10(18)16-20(11)19/h1,5-7H,2-4H2,(H,16,18). The molecule has 0 fully saturated rings. The molecular weight excluding hydrogens is 288 g/mol. The van der Waals surface area contributed by atoms with Crippen LogP contribution in [-0.4, -0.2) is 25.8 Å². The lowest BCUT2D eigenvalue weighted by Gasteiger charge is -2.20. The number of nitrogens with zero attached hydrogens (tertiary/aromatic N) is 2. The van der Waals surface area contributed by atoms with E-state index in [0.29, 0.717) is 5.56 Å². The fourth-order valence-electron chi connectivity index (χ4n) is 2.16. The van der Waals surface area contributed by atoms with Crippen molar-refractivity contribution in [1.29, 1.82) is 0 Å². The third kappa shape index (κ3) is 2.43. The first-order chi connectivity index (χ1) is 9.44. The lowest BCUT2D eigenvalue weighted by Crippen LogP contribution is -2.18. The van der Waals surface area contributed by atoms with Gasteiger partial charge in [0.2, 0.25) is 0 Å². The second-order valence-electron chi connectivity index (χ2n) is 4.68. The van der Waals surface area contributed by atoms with E-state index in [0.717, 1.165) is 5.57 Å². The van der Waals surface area contributed by atoms with Crippen LogP contribution < -0.4 is 4.72 Å². The van der Waals surface area contributed by atoms with Crippen LogP contribution in [0.25, 0.3) is 10.6 Å². The Labute approximate surface area is 115 Å². The highest BCUT2D eigenvalue weighted by Gasteiger charge is 2.31. The van der Waals surface area contributed by atoms with Crippen molar-refractivity contribution >= 4 is 27.5 Å². The van der Waals surface area contributed by atoms with Gasteiger partial charge in [-0.2, -0.15) is 5.10 Å². The van der Waals surface area contributed by atoms with Crippen molar-refractivity contribution in [3.63, 3.8) is 0 Å². The molecule has 1 aliphatic carbocycles. The molecule has 1 aromatic rings. The normalized spacial score (nSPS) is 25.1. The van der Waals surface area contributed by atoms with E-state index in [1.165, 1.54) is 23.0 Å². The minimum atomic E-state index is -2.63. The Kier molecular flexibility index (Phi) is 3.04. The first-order valence-electron chi connectivity index (χ1n) is 6.01. The average molecular weight is 299 g/mol. The molecule has 0 spiro atoms. The second-order valence-corrected chi connectivity index (χ2v) is 5.84. The third-order valence-electron chi connectivity index (χ3n) is 3.22. The van der Waals surface area contributed by atoms with Crippen LogP contribution in [0.2, 0.25) is 0 Å². The highest BCUT2D eigenvalue weighted by Crippen LogP contribution is 2.36. The van der Waals surface area contributed by atoms with Gasteiger partial charge in [-0.15, -0.1) is 0 Å². The van der Waals surface area contributed by atoms with E-state index in [1.807, 2.05) is 0 Å². The quantitative estimate of drug-likeness (QED) is 0.903. The predicted octanol–water partition coefficient (Wildman–Crippen LogP) is 1.68. The summed E-state index contributed by atoms with van der Waals surface area (Å²) in [6, 6.07) is 0. The van der Waals surface area contributed by atoms with Crippen LogP contribution in [0, 0.1) is 0 Å². The largest absolute Gasteiger partial charge is 0.269 e. The van der Waals surface area contributed by atoms with Gasteiger partial charge in [0.25, 0.3) is 11.8 Å².